The number of likely N-dealkylation sites (N-methyl/N-ethyl adjacent to an activating group) is 2. The lowest BCUT2D eigenvalue weighted by Gasteiger charge is -2.25. The molecule has 1 amide bonds. The van der Waals surface area contributed by atoms with E-state index in [2.05, 4.69) is 29.2 Å². The van der Waals surface area contributed by atoms with Gasteiger partial charge >= 0.3 is 0 Å². The van der Waals surface area contributed by atoms with E-state index in [4.69, 9.17) is 14.7 Å². The number of ether oxygens (including phenoxy) is 1. The molecule has 0 saturated heterocycles. The third kappa shape index (κ3) is 7.12. The number of anilines is 1. The Labute approximate surface area is 197 Å². The second kappa shape index (κ2) is 10.9. The van der Waals surface area contributed by atoms with Gasteiger partial charge in [-0.15, -0.1) is 0 Å². The number of rotatable bonds is 10. The molecule has 33 heavy (non-hydrogen) atoms. The molecule has 180 valence electrons. The molecule has 0 unspecified atom stereocenters. The highest BCUT2D eigenvalue weighted by molar-refractivity contribution is 5.82. The molecule has 1 aliphatic rings. The molecule has 0 saturated carbocycles. The first kappa shape index (κ1) is 24.9. The van der Waals surface area contributed by atoms with Gasteiger partial charge in [0.15, 0.2) is 5.82 Å². The number of hydrogen-bond donors (Lipinski definition) is 1. The quantitative estimate of drug-likeness (QED) is 0.591. The van der Waals surface area contributed by atoms with Crippen LogP contribution < -0.4 is 15.0 Å². The fourth-order valence-corrected chi connectivity index (χ4v) is 4.03. The SMILES string of the molecule is CCCN(C)CCOc1ccnc(-c2nc3c(c(N(C)CC(=O)NC(C)(C)C)n2)CCC3)c1. The van der Waals surface area contributed by atoms with Gasteiger partial charge < -0.3 is 19.9 Å². The zero-order chi connectivity index (χ0) is 24.0. The molecular formula is C25H38N6O2. The smallest absolute Gasteiger partial charge is 0.239 e. The number of aromatic nitrogens is 3. The summed E-state index contributed by atoms with van der Waals surface area (Å²) in [5.74, 6) is 2.11. The third-order valence-corrected chi connectivity index (χ3v) is 5.48. The summed E-state index contributed by atoms with van der Waals surface area (Å²) in [5.41, 5.74) is 2.59. The first-order valence-electron chi connectivity index (χ1n) is 11.9. The lowest BCUT2D eigenvalue weighted by Crippen LogP contribution is -2.45. The highest BCUT2D eigenvalue weighted by Gasteiger charge is 2.24. The van der Waals surface area contributed by atoms with Crippen LogP contribution in [0.3, 0.4) is 0 Å². The summed E-state index contributed by atoms with van der Waals surface area (Å²) in [6.45, 7) is 10.9. The number of aryl methyl sites for hydroxylation is 1. The molecule has 0 spiro atoms. The number of fused-ring (bicyclic) bond motifs is 1. The van der Waals surface area contributed by atoms with Crippen LogP contribution in [0.4, 0.5) is 5.82 Å². The maximum absolute atomic E-state index is 12.5. The number of nitrogens with one attached hydrogen (secondary N) is 1. The summed E-state index contributed by atoms with van der Waals surface area (Å²) in [5, 5.41) is 3.02. The minimum atomic E-state index is -0.271. The van der Waals surface area contributed by atoms with E-state index in [1.165, 1.54) is 0 Å². The summed E-state index contributed by atoms with van der Waals surface area (Å²) >= 11 is 0. The lowest BCUT2D eigenvalue weighted by atomic mass is 10.1. The highest BCUT2D eigenvalue weighted by Crippen LogP contribution is 2.31. The van der Waals surface area contributed by atoms with Crippen molar-refractivity contribution in [2.75, 3.05) is 45.2 Å². The summed E-state index contributed by atoms with van der Waals surface area (Å²) in [4.78, 5) is 30.8. The van der Waals surface area contributed by atoms with Crippen molar-refractivity contribution in [3.05, 3.63) is 29.6 Å². The predicted molar refractivity (Wildman–Crippen MR) is 132 cm³/mol. The number of carbonyl (C=O) groups excluding carboxylic acids is 1. The monoisotopic (exact) mass is 454 g/mol. The van der Waals surface area contributed by atoms with Crippen molar-refractivity contribution in [1.29, 1.82) is 0 Å². The van der Waals surface area contributed by atoms with E-state index < -0.39 is 0 Å². The fraction of sp³-hybridized carbons (Fsp3) is 0.600. The molecule has 3 rings (SSSR count). The van der Waals surface area contributed by atoms with Gasteiger partial charge in [-0.3, -0.25) is 9.78 Å². The Hall–Kier alpha value is -2.74. The Bertz CT molecular complexity index is 956. The highest BCUT2D eigenvalue weighted by atomic mass is 16.5. The number of amides is 1. The molecule has 8 nitrogen and oxygen atoms in total. The maximum Gasteiger partial charge on any atom is 0.239 e. The van der Waals surface area contributed by atoms with Crippen molar-refractivity contribution >= 4 is 11.7 Å². The predicted octanol–water partition coefficient (Wildman–Crippen LogP) is 3.10. The van der Waals surface area contributed by atoms with E-state index in [0.717, 1.165) is 61.6 Å². The standard InChI is InChI=1S/C25H38N6O2/c1-7-13-30(5)14-15-33-18-11-12-26-21(16-18)23-27-20-10-8-9-19(20)24(28-23)31(6)17-22(32)29-25(2,3)4/h11-12,16H,7-10,13-15,17H2,1-6H3,(H,29,32). The fourth-order valence-electron chi connectivity index (χ4n) is 4.03. The van der Waals surface area contributed by atoms with Crippen LogP contribution in [-0.4, -0.2) is 71.6 Å². The van der Waals surface area contributed by atoms with Crippen LogP contribution >= 0.6 is 0 Å². The average Bonchev–Trinajstić information content (AvgIpc) is 3.20. The second-order valence-corrected chi connectivity index (χ2v) is 9.83. The second-order valence-electron chi connectivity index (χ2n) is 9.83. The van der Waals surface area contributed by atoms with E-state index in [9.17, 15) is 4.79 Å². The molecule has 8 heteroatoms. The number of hydrogen-bond acceptors (Lipinski definition) is 7. The van der Waals surface area contributed by atoms with Crippen LogP contribution in [0.15, 0.2) is 18.3 Å². The lowest BCUT2D eigenvalue weighted by molar-refractivity contribution is -0.121. The van der Waals surface area contributed by atoms with Crippen molar-refractivity contribution in [3.8, 4) is 17.3 Å². The normalized spacial score (nSPS) is 13.2. The average molecular weight is 455 g/mol. The molecule has 2 aromatic heterocycles. The van der Waals surface area contributed by atoms with Gasteiger partial charge in [-0.05, 0) is 66.1 Å². The van der Waals surface area contributed by atoms with Gasteiger partial charge in [-0.25, -0.2) is 9.97 Å². The molecule has 0 fully saturated rings. The summed E-state index contributed by atoms with van der Waals surface area (Å²) in [7, 11) is 4.01. The maximum atomic E-state index is 12.5. The Morgan fingerprint density at radius 1 is 1.18 bits per heavy atom. The minimum Gasteiger partial charge on any atom is -0.492 e. The molecule has 2 aromatic rings. The largest absolute Gasteiger partial charge is 0.492 e. The Kier molecular flexibility index (Phi) is 8.24. The third-order valence-electron chi connectivity index (χ3n) is 5.48. The molecule has 0 bridgehead atoms. The van der Waals surface area contributed by atoms with Crippen LogP contribution in [0, 0.1) is 0 Å². The molecule has 1 N–H and O–H groups in total. The molecule has 0 aromatic carbocycles. The first-order valence-corrected chi connectivity index (χ1v) is 11.9. The molecule has 0 radical (unpaired) electrons. The zero-order valence-electron chi connectivity index (χ0n) is 20.9. The van der Waals surface area contributed by atoms with Crippen LogP contribution in [0.2, 0.25) is 0 Å². The molecular weight excluding hydrogens is 416 g/mol. The van der Waals surface area contributed by atoms with Gasteiger partial charge in [0, 0.05) is 42.7 Å². The van der Waals surface area contributed by atoms with Crippen molar-refractivity contribution in [2.24, 2.45) is 0 Å². The Balaban J connectivity index is 1.78. The van der Waals surface area contributed by atoms with Gasteiger partial charge in [0.05, 0.1) is 6.54 Å². The van der Waals surface area contributed by atoms with E-state index in [1.807, 2.05) is 44.9 Å². The Morgan fingerprint density at radius 3 is 2.70 bits per heavy atom. The van der Waals surface area contributed by atoms with E-state index in [0.29, 0.717) is 18.1 Å². The summed E-state index contributed by atoms with van der Waals surface area (Å²) in [6.07, 6.45) is 5.75. The van der Waals surface area contributed by atoms with Gasteiger partial charge in [-0.1, -0.05) is 6.92 Å². The van der Waals surface area contributed by atoms with Gasteiger partial charge in [-0.2, -0.15) is 0 Å². The van der Waals surface area contributed by atoms with Crippen LogP contribution in [0.1, 0.15) is 51.8 Å². The first-order chi connectivity index (χ1) is 15.7. The Morgan fingerprint density at radius 2 is 1.97 bits per heavy atom. The van der Waals surface area contributed by atoms with Crippen molar-refractivity contribution in [3.63, 3.8) is 0 Å². The van der Waals surface area contributed by atoms with E-state index >= 15 is 0 Å². The molecule has 2 heterocycles. The zero-order valence-corrected chi connectivity index (χ0v) is 20.9. The topological polar surface area (TPSA) is 83.5 Å². The molecule has 1 aliphatic carbocycles. The number of pyridine rings is 1. The number of carbonyl (C=O) groups is 1. The number of nitrogens with zero attached hydrogens (tertiary/aromatic N) is 5. The van der Waals surface area contributed by atoms with Gasteiger partial charge in [0.1, 0.15) is 23.9 Å². The molecule has 0 atom stereocenters. The summed E-state index contributed by atoms with van der Waals surface area (Å²) in [6, 6.07) is 3.76. The summed E-state index contributed by atoms with van der Waals surface area (Å²) < 4.78 is 5.95. The van der Waals surface area contributed by atoms with Crippen molar-refractivity contribution in [1.82, 2.24) is 25.2 Å². The van der Waals surface area contributed by atoms with Crippen LogP contribution in [0.25, 0.3) is 11.5 Å². The molecule has 0 aliphatic heterocycles. The van der Waals surface area contributed by atoms with Crippen LogP contribution in [0.5, 0.6) is 5.75 Å². The van der Waals surface area contributed by atoms with Crippen molar-refractivity contribution in [2.45, 2.75) is 58.9 Å². The van der Waals surface area contributed by atoms with Crippen LogP contribution in [-0.2, 0) is 17.6 Å². The van der Waals surface area contributed by atoms with E-state index in [-0.39, 0.29) is 18.0 Å². The van der Waals surface area contributed by atoms with Gasteiger partial charge in [0.25, 0.3) is 0 Å². The van der Waals surface area contributed by atoms with Gasteiger partial charge in [0.2, 0.25) is 5.91 Å². The van der Waals surface area contributed by atoms with Crippen molar-refractivity contribution < 1.29 is 9.53 Å². The minimum absolute atomic E-state index is 0.0292. The van der Waals surface area contributed by atoms with E-state index in [1.54, 1.807) is 6.20 Å².